The van der Waals surface area contributed by atoms with Gasteiger partial charge in [0.1, 0.15) is 0 Å². The molecular formula is C6H11NO2. The molecule has 52 valence electrons. The Hall–Kier alpha value is -0.570. The molecule has 9 heavy (non-hydrogen) atoms. The van der Waals surface area contributed by atoms with Crippen LogP contribution < -0.4 is 5.32 Å². The minimum absolute atomic E-state index is 0.150. The predicted molar refractivity (Wildman–Crippen MR) is 33.0 cm³/mol. The molecule has 1 unspecified atom stereocenters. The molecule has 1 N–H and O–H groups in total. The number of methoxy groups -OCH3 is 1. The molecule has 0 aromatic rings. The number of rotatable bonds is 2. The molecule has 0 radical (unpaired) electrons. The van der Waals surface area contributed by atoms with Crippen LogP contribution >= 0.6 is 0 Å². The van der Waals surface area contributed by atoms with Crippen molar-refractivity contribution < 1.29 is 9.53 Å². The Morgan fingerprint density at radius 2 is 2.67 bits per heavy atom. The van der Waals surface area contributed by atoms with E-state index in [0.717, 1.165) is 6.54 Å². The number of hydrogen-bond donors (Lipinski definition) is 1. The Balaban J connectivity index is 2.22. The van der Waals surface area contributed by atoms with Gasteiger partial charge in [0.05, 0.1) is 6.61 Å². The fraction of sp³-hybridized carbons (Fsp3) is 0.833. The molecule has 3 nitrogen and oxygen atoms in total. The summed E-state index contributed by atoms with van der Waals surface area (Å²) in [6.45, 7) is 1.48. The molecule has 0 bridgehead atoms. The zero-order chi connectivity index (χ0) is 6.69. The van der Waals surface area contributed by atoms with Crippen molar-refractivity contribution in [2.24, 2.45) is 5.92 Å². The van der Waals surface area contributed by atoms with Gasteiger partial charge >= 0.3 is 0 Å². The van der Waals surface area contributed by atoms with Crippen molar-refractivity contribution in [3.05, 3.63) is 0 Å². The van der Waals surface area contributed by atoms with Crippen LogP contribution in [0.1, 0.15) is 6.42 Å². The normalized spacial score (nSPS) is 26.3. The number of hydrogen-bond acceptors (Lipinski definition) is 2. The fourth-order valence-corrected chi connectivity index (χ4v) is 1.02. The van der Waals surface area contributed by atoms with Gasteiger partial charge in [0.25, 0.3) is 0 Å². The summed E-state index contributed by atoms with van der Waals surface area (Å²) in [5.41, 5.74) is 0. The predicted octanol–water partition coefficient (Wildman–Crippen LogP) is -0.231. The maximum absolute atomic E-state index is 10.6. The third-order valence-corrected chi connectivity index (χ3v) is 1.46. The second-order valence-corrected chi connectivity index (χ2v) is 2.33. The Morgan fingerprint density at radius 3 is 3.11 bits per heavy atom. The van der Waals surface area contributed by atoms with Crippen LogP contribution in [0.3, 0.4) is 0 Å². The number of ether oxygens (including phenoxy) is 1. The van der Waals surface area contributed by atoms with Crippen molar-refractivity contribution in [2.45, 2.75) is 6.42 Å². The van der Waals surface area contributed by atoms with Crippen molar-refractivity contribution >= 4 is 5.91 Å². The Morgan fingerprint density at radius 1 is 1.89 bits per heavy atom. The molecule has 1 heterocycles. The van der Waals surface area contributed by atoms with Crippen LogP contribution in [0.25, 0.3) is 0 Å². The highest BCUT2D eigenvalue weighted by atomic mass is 16.5. The molecule has 0 aromatic carbocycles. The summed E-state index contributed by atoms with van der Waals surface area (Å²) in [6.07, 6.45) is 0.633. The van der Waals surface area contributed by atoms with Crippen LogP contribution in [-0.4, -0.2) is 26.2 Å². The maximum Gasteiger partial charge on any atom is 0.220 e. The molecule has 1 atom stereocenters. The summed E-state index contributed by atoms with van der Waals surface area (Å²) in [7, 11) is 1.66. The van der Waals surface area contributed by atoms with E-state index >= 15 is 0 Å². The van der Waals surface area contributed by atoms with Crippen LogP contribution in [0, 0.1) is 5.92 Å². The van der Waals surface area contributed by atoms with E-state index in [0.29, 0.717) is 18.9 Å². The van der Waals surface area contributed by atoms with Crippen LogP contribution in [0.2, 0.25) is 0 Å². The van der Waals surface area contributed by atoms with Gasteiger partial charge < -0.3 is 10.1 Å². The SMILES string of the molecule is COCC1CNC(=O)C1. The molecule has 1 saturated heterocycles. The van der Waals surface area contributed by atoms with E-state index in [1.54, 1.807) is 7.11 Å². The quantitative estimate of drug-likeness (QED) is 0.559. The molecule has 0 aliphatic carbocycles. The lowest BCUT2D eigenvalue weighted by Crippen LogP contribution is -2.15. The summed E-state index contributed by atoms with van der Waals surface area (Å²) in [5, 5.41) is 2.74. The van der Waals surface area contributed by atoms with Gasteiger partial charge in [-0.3, -0.25) is 4.79 Å². The van der Waals surface area contributed by atoms with E-state index in [-0.39, 0.29) is 5.91 Å². The van der Waals surface area contributed by atoms with Crippen molar-refractivity contribution in [2.75, 3.05) is 20.3 Å². The van der Waals surface area contributed by atoms with Gasteiger partial charge in [0, 0.05) is 26.0 Å². The first-order valence-corrected chi connectivity index (χ1v) is 3.08. The highest BCUT2D eigenvalue weighted by Gasteiger charge is 2.20. The molecule has 1 aliphatic heterocycles. The minimum Gasteiger partial charge on any atom is -0.384 e. The highest BCUT2D eigenvalue weighted by Crippen LogP contribution is 2.07. The first kappa shape index (κ1) is 6.55. The average Bonchev–Trinajstić information content (AvgIpc) is 2.17. The summed E-state index contributed by atoms with van der Waals surface area (Å²) >= 11 is 0. The standard InChI is InChI=1S/C6H11NO2/c1-9-4-5-2-6(8)7-3-5/h5H,2-4H2,1H3,(H,7,8). The van der Waals surface area contributed by atoms with E-state index in [1.165, 1.54) is 0 Å². The third-order valence-electron chi connectivity index (χ3n) is 1.46. The minimum atomic E-state index is 0.150. The summed E-state index contributed by atoms with van der Waals surface area (Å²) in [5.74, 6) is 0.555. The highest BCUT2D eigenvalue weighted by molar-refractivity contribution is 5.78. The van der Waals surface area contributed by atoms with Gasteiger partial charge in [-0.25, -0.2) is 0 Å². The van der Waals surface area contributed by atoms with Crippen molar-refractivity contribution in [3.8, 4) is 0 Å². The third kappa shape index (κ3) is 1.68. The molecule has 1 rings (SSSR count). The van der Waals surface area contributed by atoms with E-state index in [2.05, 4.69) is 5.32 Å². The van der Waals surface area contributed by atoms with Crippen molar-refractivity contribution in [3.63, 3.8) is 0 Å². The van der Waals surface area contributed by atoms with Crippen LogP contribution in [0.5, 0.6) is 0 Å². The molecule has 1 aliphatic rings. The second kappa shape index (κ2) is 2.82. The van der Waals surface area contributed by atoms with Gasteiger partial charge in [-0.15, -0.1) is 0 Å². The molecule has 1 amide bonds. The lowest BCUT2D eigenvalue weighted by molar-refractivity contribution is -0.119. The van der Waals surface area contributed by atoms with Crippen LogP contribution in [0.15, 0.2) is 0 Å². The van der Waals surface area contributed by atoms with Gasteiger partial charge in [-0.1, -0.05) is 0 Å². The molecule has 0 saturated carbocycles. The zero-order valence-corrected chi connectivity index (χ0v) is 5.52. The van der Waals surface area contributed by atoms with Gasteiger partial charge in [0.15, 0.2) is 0 Å². The summed E-state index contributed by atoms with van der Waals surface area (Å²) in [4.78, 5) is 10.6. The zero-order valence-electron chi connectivity index (χ0n) is 5.52. The van der Waals surface area contributed by atoms with Gasteiger partial charge in [-0.2, -0.15) is 0 Å². The molecule has 1 fully saturated rings. The van der Waals surface area contributed by atoms with Gasteiger partial charge in [-0.05, 0) is 0 Å². The Kier molecular flexibility index (Phi) is 2.05. The number of carbonyl (C=O) groups is 1. The average molecular weight is 129 g/mol. The lowest BCUT2D eigenvalue weighted by atomic mass is 10.1. The topological polar surface area (TPSA) is 38.3 Å². The first-order chi connectivity index (χ1) is 4.33. The Labute approximate surface area is 54.4 Å². The molecule has 0 spiro atoms. The van der Waals surface area contributed by atoms with Crippen molar-refractivity contribution in [1.29, 1.82) is 0 Å². The molecular weight excluding hydrogens is 118 g/mol. The molecule has 3 heteroatoms. The van der Waals surface area contributed by atoms with E-state index < -0.39 is 0 Å². The van der Waals surface area contributed by atoms with E-state index in [1.807, 2.05) is 0 Å². The maximum atomic E-state index is 10.6. The first-order valence-electron chi connectivity index (χ1n) is 3.08. The molecule has 0 aromatic heterocycles. The van der Waals surface area contributed by atoms with Crippen LogP contribution in [-0.2, 0) is 9.53 Å². The van der Waals surface area contributed by atoms with E-state index in [9.17, 15) is 4.79 Å². The number of nitrogens with one attached hydrogen (secondary N) is 1. The Bertz CT molecular complexity index is 114. The van der Waals surface area contributed by atoms with Crippen LogP contribution in [0.4, 0.5) is 0 Å². The number of amides is 1. The van der Waals surface area contributed by atoms with Crippen molar-refractivity contribution in [1.82, 2.24) is 5.32 Å². The lowest BCUT2D eigenvalue weighted by Gasteiger charge is -2.02. The monoisotopic (exact) mass is 129 g/mol. The van der Waals surface area contributed by atoms with E-state index in [4.69, 9.17) is 4.74 Å². The second-order valence-electron chi connectivity index (χ2n) is 2.33. The largest absolute Gasteiger partial charge is 0.384 e. The summed E-state index contributed by atoms with van der Waals surface area (Å²) < 4.78 is 4.88. The smallest absolute Gasteiger partial charge is 0.220 e. The number of carbonyl (C=O) groups excluding carboxylic acids is 1. The summed E-state index contributed by atoms with van der Waals surface area (Å²) in [6, 6.07) is 0. The fourth-order valence-electron chi connectivity index (χ4n) is 1.02. The van der Waals surface area contributed by atoms with Gasteiger partial charge in [0.2, 0.25) is 5.91 Å².